The average molecular weight is 277 g/mol. The van der Waals surface area contributed by atoms with Gasteiger partial charge in [0.1, 0.15) is 17.8 Å². The first kappa shape index (κ1) is 13.4. The molecule has 0 fully saturated rings. The van der Waals surface area contributed by atoms with E-state index in [-0.39, 0.29) is 0 Å². The molecule has 0 aliphatic carbocycles. The van der Waals surface area contributed by atoms with E-state index in [1.165, 1.54) is 0 Å². The summed E-state index contributed by atoms with van der Waals surface area (Å²) >= 11 is 6.23. The molecule has 2 aromatic carbocycles. The van der Waals surface area contributed by atoms with E-state index in [1.54, 1.807) is 32.4 Å². The summed E-state index contributed by atoms with van der Waals surface area (Å²) in [5.41, 5.74) is 2.07. The Bertz CT molecular complexity index is 586. The third-order valence-electron chi connectivity index (χ3n) is 2.83. The maximum Gasteiger partial charge on any atom is 0.150 e. The molecule has 2 aromatic rings. The number of carbonyl (C=O) groups is 1. The number of hydrogen-bond donors (Lipinski definition) is 0. The van der Waals surface area contributed by atoms with Crippen LogP contribution in [0.4, 0.5) is 0 Å². The summed E-state index contributed by atoms with van der Waals surface area (Å²) in [6.07, 6.45) is 0.759. The summed E-state index contributed by atoms with van der Waals surface area (Å²) in [4.78, 5) is 10.7. The topological polar surface area (TPSA) is 35.5 Å². The van der Waals surface area contributed by atoms with Gasteiger partial charge in [-0.25, -0.2) is 0 Å². The molecule has 0 atom stereocenters. The van der Waals surface area contributed by atoms with E-state index < -0.39 is 0 Å². The van der Waals surface area contributed by atoms with Crippen molar-refractivity contribution in [3.8, 4) is 22.6 Å². The normalized spacial score (nSPS) is 10.1. The standard InChI is InChI=1S/C15H13ClO3/c1-18-13-4-3-5-14(19-2)15(13)11-7-6-10(9-17)8-12(11)16/h3-9H,1-2H3. The van der Waals surface area contributed by atoms with Crippen LogP contribution in [0.2, 0.25) is 5.02 Å². The molecule has 0 spiro atoms. The van der Waals surface area contributed by atoms with Crippen molar-refractivity contribution in [3.63, 3.8) is 0 Å². The lowest BCUT2D eigenvalue weighted by Crippen LogP contribution is -1.94. The zero-order valence-electron chi connectivity index (χ0n) is 10.6. The summed E-state index contributed by atoms with van der Waals surface area (Å²) in [5.74, 6) is 1.33. The van der Waals surface area contributed by atoms with Gasteiger partial charge in [0, 0.05) is 16.1 Å². The quantitative estimate of drug-likeness (QED) is 0.796. The van der Waals surface area contributed by atoms with Crippen molar-refractivity contribution in [2.24, 2.45) is 0 Å². The molecule has 0 amide bonds. The predicted molar refractivity (Wildman–Crippen MR) is 75.4 cm³/mol. The van der Waals surface area contributed by atoms with E-state index in [0.29, 0.717) is 22.1 Å². The lowest BCUT2D eigenvalue weighted by molar-refractivity contribution is 0.112. The highest BCUT2D eigenvalue weighted by Crippen LogP contribution is 2.41. The molecule has 4 heteroatoms. The molecular formula is C15H13ClO3. The Morgan fingerprint density at radius 1 is 1.05 bits per heavy atom. The fourth-order valence-electron chi connectivity index (χ4n) is 1.92. The van der Waals surface area contributed by atoms with Crippen molar-refractivity contribution in [2.45, 2.75) is 0 Å². The minimum atomic E-state index is 0.479. The van der Waals surface area contributed by atoms with Crippen LogP contribution in [0.25, 0.3) is 11.1 Å². The van der Waals surface area contributed by atoms with Crippen molar-refractivity contribution in [3.05, 3.63) is 47.0 Å². The number of benzene rings is 2. The first-order valence-corrected chi connectivity index (χ1v) is 6.05. The van der Waals surface area contributed by atoms with Gasteiger partial charge in [0.15, 0.2) is 0 Å². The molecule has 0 aliphatic rings. The van der Waals surface area contributed by atoms with Gasteiger partial charge in [-0.15, -0.1) is 0 Å². The second kappa shape index (κ2) is 5.76. The van der Waals surface area contributed by atoms with E-state index in [9.17, 15) is 4.79 Å². The molecular weight excluding hydrogens is 264 g/mol. The molecule has 0 heterocycles. The van der Waals surface area contributed by atoms with Crippen molar-refractivity contribution in [1.82, 2.24) is 0 Å². The highest BCUT2D eigenvalue weighted by Gasteiger charge is 2.15. The Morgan fingerprint density at radius 2 is 1.68 bits per heavy atom. The Morgan fingerprint density at radius 3 is 2.16 bits per heavy atom. The van der Waals surface area contributed by atoms with Gasteiger partial charge >= 0.3 is 0 Å². The highest BCUT2D eigenvalue weighted by molar-refractivity contribution is 6.33. The van der Waals surface area contributed by atoms with Crippen LogP contribution < -0.4 is 9.47 Å². The van der Waals surface area contributed by atoms with Crippen LogP contribution in [0.3, 0.4) is 0 Å². The van der Waals surface area contributed by atoms with Gasteiger partial charge in [-0.1, -0.05) is 29.8 Å². The summed E-state index contributed by atoms with van der Waals surface area (Å²) in [7, 11) is 3.18. The number of carbonyl (C=O) groups excluding carboxylic acids is 1. The lowest BCUT2D eigenvalue weighted by atomic mass is 10.0. The van der Waals surface area contributed by atoms with Gasteiger partial charge in [0.05, 0.1) is 19.8 Å². The first-order valence-electron chi connectivity index (χ1n) is 5.67. The molecule has 0 saturated carbocycles. The smallest absolute Gasteiger partial charge is 0.150 e. The van der Waals surface area contributed by atoms with Crippen LogP contribution in [0, 0.1) is 0 Å². The van der Waals surface area contributed by atoms with Gasteiger partial charge < -0.3 is 9.47 Å². The highest BCUT2D eigenvalue weighted by atomic mass is 35.5. The molecule has 0 aliphatic heterocycles. The van der Waals surface area contributed by atoms with Gasteiger partial charge in [-0.3, -0.25) is 4.79 Å². The largest absolute Gasteiger partial charge is 0.496 e. The van der Waals surface area contributed by atoms with E-state index >= 15 is 0 Å². The molecule has 19 heavy (non-hydrogen) atoms. The minimum absolute atomic E-state index is 0.479. The first-order chi connectivity index (χ1) is 9.21. The summed E-state index contributed by atoms with van der Waals surface area (Å²) in [5, 5.41) is 0.479. The van der Waals surface area contributed by atoms with E-state index in [0.717, 1.165) is 17.4 Å². The number of methoxy groups -OCH3 is 2. The number of ether oxygens (including phenoxy) is 2. The Kier molecular flexibility index (Phi) is 4.07. The second-order valence-corrected chi connectivity index (χ2v) is 4.30. The molecule has 0 aromatic heterocycles. The van der Waals surface area contributed by atoms with Crippen LogP contribution in [0.15, 0.2) is 36.4 Å². The van der Waals surface area contributed by atoms with Crippen LogP contribution in [-0.2, 0) is 0 Å². The molecule has 0 N–H and O–H groups in total. The number of rotatable bonds is 4. The minimum Gasteiger partial charge on any atom is -0.496 e. The maximum absolute atomic E-state index is 10.7. The van der Waals surface area contributed by atoms with Crippen LogP contribution in [0.1, 0.15) is 10.4 Å². The Balaban J connectivity index is 2.67. The van der Waals surface area contributed by atoms with Crippen LogP contribution >= 0.6 is 11.6 Å². The zero-order chi connectivity index (χ0) is 13.8. The average Bonchev–Trinajstić information content (AvgIpc) is 2.46. The predicted octanol–water partition coefficient (Wildman–Crippen LogP) is 3.84. The molecule has 0 unspecified atom stereocenters. The van der Waals surface area contributed by atoms with E-state index in [2.05, 4.69) is 0 Å². The summed E-state index contributed by atoms with van der Waals surface area (Å²) < 4.78 is 10.7. The number of hydrogen-bond acceptors (Lipinski definition) is 3. The van der Waals surface area contributed by atoms with E-state index in [1.807, 2.05) is 18.2 Å². The summed E-state index contributed by atoms with van der Waals surface area (Å²) in [6.45, 7) is 0. The fourth-order valence-corrected chi connectivity index (χ4v) is 2.21. The van der Waals surface area contributed by atoms with Crippen molar-refractivity contribution >= 4 is 17.9 Å². The van der Waals surface area contributed by atoms with Gasteiger partial charge in [-0.05, 0) is 18.2 Å². The summed E-state index contributed by atoms with van der Waals surface area (Å²) in [6, 6.07) is 10.6. The van der Waals surface area contributed by atoms with Gasteiger partial charge in [-0.2, -0.15) is 0 Å². The molecule has 2 rings (SSSR count). The van der Waals surface area contributed by atoms with Crippen molar-refractivity contribution in [2.75, 3.05) is 14.2 Å². The van der Waals surface area contributed by atoms with Gasteiger partial charge in [0.25, 0.3) is 0 Å². The number of halogens is 1. The second-order valence-electron chi connectivity index (χ2n) is 3.89. The lowest BCUT2D eigenvalue weighted by Gasteiger charge is -2.14. The van der Waals surface area contributed by atoms with Crippen LogP contribution in [-0.4, -0.2) is 20.5 Å². The zero-order valence-corrected chi connectivity index (χ0v) is 11.4. The van der Waals surface area contributed by atoms with Crippen molar-refractivity contribution < 1.29 is 14.3 Å². The van der Waals surface area contributed by atoms with Gasteiger partial charge in [0.2, 0.25) is 0 Å². The third-order valence-corrected chi connectivity index (χ3v) is 3.14. The molecule has 98 valence electrons. The number of aldehydes is 1. The SMILES string of the molecule is COc1cccc(OC)c1-c1ccc(C=O)cc1Cl. The molecule has 0 saturated heterocycles. The van der Waals surface area contributed by atoms with Crippen molar-refractivity contribution in [1.29, 1.82) is 0 Å². The Labute approximate surface area is 116 Å². The van der Waals surface area contributed by atoms with E-state index in [4.69, 9.17) is 21.1 Å². The molecule has 3 nitrogen and oxygen atoms in total. The Hall–Kier alpha value is -2.00. The maximum atomic E-state index is 10.7. The van der Waals surface area contributed by atoms with Crippen LogP contribution in [0.5, 0.6) is 11.5 Å². The third kappa shape index (κ3) is 2.56. The molecule has 0 bridgehead atoms. The fraction of sp³-hybridized carbons (Fsp3) is 0.133. The monoisotopic (exact) mass is 276 g/mol. The molecule has 0 radical (unpaired) electrons.